The van der Waals surface area contributed by atoms with E-state index in [0.717, 1.165) is 0 Å². The lowest BCUT2D eigenvalue weighted by Gasteiger charge is -2.09. The zero-order valence-corrected chi connectivity index (χ0v) is 11.2. The van der Waals surface area contributed by atoms with Crippen molar-refractivity contribution in [3.05, 3.63) is 58.3 Å². The van der Waals surface area contributed by atoms with Gasteiger partial charge in [-0.2, -0.15) is 0 Å². The van der Waals surface area contributed by atoms with E-state index in [1.807, 2.05) is 6.92 Å². The van der Waals surface area contributed by atoms with Crippen LogP contribution in [0.5, 0.6) is 0 Å². The zero-order chi connectivity index (χ0) is 14.7. The number of carbonyl (C=O) groups is 1. The average Bonchev–Trinajstić information content (AvgIpc) is 2.48. The number of esters is 1. The van der Waals surface area contributed by atoms with E-state index in [1.54, 1.807) is 10.8 Å². The number of carbonyl (C=O) groups excluding carboxylic acids is 1. The van der Waals surface area contributed by atoms with Gasteiger partial charge in [0.2, 0.25) is 5.43 Å². The van der Waals surface area contributed by atoms with Crippen LogP contribution in [0.2, 0.25) is 0 Å². The predicted molar refractivity (Wildman–Crippen MR) is 73.1 cm³/mol. The minimum Gasteiger partial charge on any atom is -0.465 e. The van der Waals surface area contributed by atoms with E-state index in [0.29, 0.717) is 17.7 Å². The highest BCUT2D eigenvalue weighted by Gasteiger charge is 2.16. The highest BCUT2D eigenvalue weighted by Crippen LogP contribution is 2.17. The molecule has 0 fully saturated rings. The molecule has 2 rings (SSSR count). The Labute approximate surface area is 115 Å². The number of aryl methyl sites for hydroxylation is 1. The number of rotatable bonds is 3. The number of benzene rings is 1. The Morgan fingerprint density at radius 3 is 2.45 bits per heavy atom. The second-order valence-electron chi connectivity index (χ2n) is 4.24. The number of halogens is 1. The SMILES string of the molecule is CCn1cc(C(=O)OC)c(=O)c(-c2ccc(F)cc2)c1. The Kier molecular flexibility index (Phi) is 3.98. The molecule has 0 saturated heterocycles. The predicted octanol–water partition coefficient (Wildman–Crippen LogP) is 2.46. The normalized spacial score (nSPS) is 10.3. The summed E-state index contributed by atoms with van der Waals surface area (Å²) in [6.45, 7) is 2.48. The van der Waals surface area contributed by atoms with Crippen LogP contribution in [0.4, 0.5) is 4.39 Å². The van der Waals surface area contributed by atoms with Crippen molar-refractivity contribution in [2.45, 2.75) is 13.5 Å². The summed E-state index contributed by atoms with van der Waals surface area (Å²) >= 11 is 0. The van der Waals surface area contributed by atoms with Crippen molar-refractivity contribution >= 4 is 5.97 Å². The first-order valence-corrected chi connectivity index (χ1v) is 6.15. The molecular weight excluding hydrogens is 261 g/mol. The molecule has 1 aromatic carbocycles. The first-order chi connectivity index (χ1) is 9.56. The monoisotopic (exact) mass is 275 g/mol. The third-order valence-electron chi connectivity index (χ3n) is 3.00. The molecule has 0 bridgehead atoms. The van der Waals surface area contributed by atoms with Crippen molar-refractivity contribution in [1.29, 1.82) is 0 Å². The number of methoxy groups -OCH3 is 1. The lowest BCUT2D eigenvalue weighted by molar-refractivity contribution is 0.0598. The van der Waals surface area contributed by atoms with Crippen LogP contribution in [-0.4, -0.2) is 17.6 Å². The molecule has 0 spiro atoms. The van der Waals surface area contributed by atoms with Crippen molar-refractivity contribution in [3.8, 4) is 11.1 Å². The number of aromatic nitrogens is 1. The van der Waals surface area contributed by atoms with Crippen LogP contribution in [0.25, 0.3) is 11.1 Å². The summed E-state index contributed by atoms with van der Waals surface area (Å²) in [5, 5.41) is 0. The lowest BCUT2D eigenvalue weighted by Crippen LogP contribution is -2.20. The van der Waals surface area contributed by atoms with Crippen molar-refractivity contribution < 1.29 is 13.9 Å². The summed E-state index contributed by atoms with van der Waals surface area (Å²) < 4.78 is 19.3. The van der Waals surface area contributed by atoms with Crippen LogP contribution in [-0.2, 0) is 11.3 Å². The van der Waals surface area contributed by atoms with Gasteiger partial charge >= 0.3 is 5.97 Å². The summed E-state index contributed by atoms with van der Waals surface area (Å²) in [7, 11) is 1.22. The Hall–Kier alpha value is -2.43. The molecule has 0 amide bonds. The van der Waals surface area contributed by atoms with Crippen LogP contribution in [0.3, 0.4) is 0 Å². The summed E-state index contributed by atoms with van der Waals surface area (Å²) in [6, 6.07) is 5.56. The molecule has 0 N–H and O–H groups in total. The highest BCUT2D eigenvalue weighted by molar-refractivity contribution is 5.90. The maximum atomic E-state index is 13.0. The van der Waals surface area contributed by atoms with Gasteiger partial charge in [-0.15, -0.1) is 0 Å². The highest BCUT2D eigenvalue weighted by atomic mass is 19.1. The largest absolute Gasteiger partial charge is 0.465 e. The Morgan fingerprint density at radius 2 is 1.90 bits per heavy atom. The van der Waals surface area contributed by atoms with E-state index in [2.05, 4.69) is 4.74 Å². The Morgan fingerprint density at radius 1 is 1.25 bits per heavy atom. The van der Waals surface area contributed by atoms with Crippen molar-refractivity contribution in [1.82, 2.24) is 4.57 Å². The van der Waals surface area contributed by atoms with Crippen LogP contribution in [0, 0.1) is 5.82 Å². The smallest absolute Gasteiger partial charge is 0.343 e. The van der Waals surface area contributed by atoms with Crippen LogP contribution >= 0.6 is 0 Å². The molecule has 5 heteroatoms. The van der Waals surface area contributed by atoms with Crippen LogP contribution < -0.4 is 5.43 Å². The van der Waals surface area contributed by atoms with E-state index >= 15 is 0 Å². The molecule has 20 heavy (non-hydrogen) atoms. The summed E-state index contributed by atoms with van der Waals surface area (Å²) in [4.78, 5) is 24.0. The van der Waals surface area contributed by atoms with Crippen molar-refractivity contribution in [3.63, 3.8) is 0 Å². The topological polar surface area (TPSA) is 48.3 Å². The standard InChI is InChI=1S/C15H14FNO3/c1-3-17-8-12(10-4-6-11(16)7-5-10)14(18)13(9-17)15(19)20-2/h4-9H,3H2,1-2H3. The third-order valence-corrected chi connectivity index (χ3v) is 3.00. The molecule has 0 radical (unpaired) electrons. The van der Waals surface area contributed by atoms with Crippen LogP contribution in [0.1, 0.15) is 17.3 Å². The molecule has 0 saturated carbocycles. The van der Waals surface area contributed by atoms with E-state index < -0.39 is 11.4 Å². The molecule has 4 nitrogen and oxygen atoms in total. The molecule has 104 valence electrons. The first-order valence-electron chi connectivity index (χ1n) is 6.15. The van der Waals surface area contributed by atoms with Crippen molar-refractivity contribution in [2.75, 3.05) is 7.11 Å². The fourth-order valence-electron chi connectivity index (χ4n) is 1.90. The fraction of sp³-hybridized carbons (Fsp3) is 0.200. The zero-order valence-electron chi connectivity index (χ0n) is 11.2. The van der Waals surface area contributed by atoms with E-state index in [1.165, 1.54) is 37.6 Å². The molecule has 0 unspecified atom stereocenters. The maximum absolute atomic E-state index is 13.0. The molecular formula is C15H14FNO3. The van der Waals surface area contributed by atoms with Gasteiger partial charge in [-0.05, 0) is 24.6 Å². The molecule has 1 aromatic heterocycles. The summed E-state index contributed by atoms with van der Waals surface area (Å²) in [5.74, 6) is -1.06. The number of ether oxygens (including phenoxy) is 1. The second-order valence-corrected chi connectivity index (χ2v) is 4.24. The minimum atomic E-state index is -0.679. The van der Waals surface area contributed by atoms with Crippen molar-refractivity contribution in [2.24, 2.45) is 0 Å². The van der Waals surface area contributed by atoms with Gasteiger partial charge in [-0.3, -0.25) is 4.79 Å². The molecule has 1 heterocycles. The quantitative estimate of drug-likeness (QED) is 0.808. The second kappa shape index (κ2) is 5.69. The Bertz CT molecular complexity index is 689. The fourth-order valence-corrected chi connectivity index (χ4v) is 1.90. The average molecular weight is 275 g/mol. The van der Waals surface area contributed by atoms with Gasteiger partial charge in [0, 0.05) is 24.5 Å². The Balaban J connectivity index is 2.66. The van der Waals surface area contributed by atoms with Gasteiger partial charge in [0.25, 0.3) is 0 Å². The van der Waals surface area contributed by atoms with Gasteiger partial charge in [0.15, 0.2) is 0 Å². The first kappa shape index (κ1) is 14.0. The number of hydrogen-bond donors (Lipinski definition) is 0. The molecule has 0 aliphatic heterocycles. The summed E-state index contributed by atoms with van der Waals surface area (Å²) in [5.41, 5.74) is 0.448. The molecule has 0 atom stereocenters. The molecule has 0 aliphatic rings. The van der Waals surface area contributed by atoms with Gasteiger partial charge in [-0.1, -0.05) is 12.1 Å². The maximum Gasteiger partial charge on any atom is 0.343 e. The number of nitrogens with zero attached hydrogens (tertiary/aromatic N) is 1. The third kappa shape index (κ3) is 2.61. The van der Waals surface area contributed by atoms with E-state index in [9.17, 15) is 14.0 Å². The van der Waals surface area contributed by atoms with Crippen LogP contribution in [0.15, 0.2) is 41.5 Å². The lowest BCUT2D eigenvalue weighted by atomic mass is 10.0. The number of hydrogen-bond acceptors (Lipinski definition) is 3. The van der Waals surface area contributed by atoms with Gasteiger partial charge in [0.1, 0.15) is 11.4 Å². The van der Waals surface area contributed by atoms with Gasteiger partial charge in [-0.25, -0.2) is 9.18 Å². The minimum absolute atomic E-state index is 0.0313. The van der Waals surface area contributed by atoms with Gasteiger partial charge in [0.05, 0.1) is 7.11 Å². The number of pyridine rings is 1. The molecule has 2 aromatic rings. The summed E-state index contributed by atoms with van der Waals surface area (Å²) in [6.07, 6.45) is 3.10. The van der Waals surface area contributed by atoms with E-state index in [-0.39, 0.29) is 11.4 Å². The molecule has 0 aliphatic carbocycles. The van der Waals surface area contributed by atoms with E-state index in [4.69, 9.17) is 0 Å². The van der Waals surface area contributed by atoms with Gasteiger partial charge < -0.3 is 9.30 Å².